The van der Waals surface area contributed by atoms with Gasteiger partial charge in [0.25, 0.3) is 0 Å². The Morgan fingerprint density at radius 1 is 0.474 bits per heavy atom. The Hall–Kier alpha value is -5.38. The average molecular weight is 514 g/mol. The molecule has 10 nitrogen and oxygen atoms in total. The molecule has 38 heavy (non-hydrogen) atoms. The number of hydrogen-bond acceptors (Lipinski definition) is 4. The summed E-state index contributed by atoms with van der Waals surface area (Å²) in [5, 5.41) is 37.8. The Morgan fingerprint density at radius 3 is 1.08 bits per heavy atom. The Labute approximate surface area is 215 Å². The van der Waals surface area contributed by atoms with Crippen LogP contribution in [0.25, 0.3) is 11.1 Å². The van der Waals surface area contributed by atoms with E-state index in [1.54, 1.807) is 36.4 Å². The second-order valence-corrected chi connectivity index (χ2v) is 8.36. The minimum Gasteiger partial charge on any atom is -0.480 e. The molecule has 0 spiro atoms. The smallest absolute Gasteiger partial charge is 0.324 e. The van der Waals surface area contributed by atoms with E-state index in [0.717, 1.165) is 0 Å². The standard InChI is InChI=1S/C28H22N2O8/c31-25(32)23(26(33)34)19-13-11-17(29-19)21(15-7-3-1-4-8-15)22(16-9-5-2-6-10-16)18-12-14-20(30-18)24(27(35)36)28(37)38/h1-14,23-24,29-30H,(H,31,32)(H,33,34)(H,35,36)(H,37,38)/b22-21+. The molecule has 0 aliphatic heterocycles. The van der Waals surface area contributed by atoms with Crippen LogP contribution in [0, 0.1) is 0 Å². The lowest BCUT2D eigenvalue weighted by Crippen LogP contribution is -2.21. The third-order valence-electron chi connectivity index (χ3n) is 5.94. The largest absolute Gasteiger partial charge is 0.480 e. The highest BCUT2D eigenvalue weighted by Crippen LogP contribution is 2.37. The molecule has 0 bridgehead atoms. The minimum absolute atomic E-state index is 0.0372. The fourth-order valence-corrected chi connectivity index (χ4v) is 4.27. The summed E-state index contributed by atoms with van der Waals surface area (Å²) in [4.78, 5) is 52.4. The van der Waals surface area contributed by atoms with E-state index in [4.69, 9.17) is 0 Å². The fourth-order valence-electron chi connectivity index (χ4n) is 4.27. The molecule has 0 aliphatic rings. The van der Waals surface area contributed by atoms with Gasteiger partial charge >= 0.3 is 23.9 Å². The topological polar surface area (TPSA) is 181 Å². The molecule has 10 heteroatoms. The molecule has 0 amide bonds. The molecule has 0 fully saturated rings. The number of carbonyl (C=O) groups is 4. The molecule has 0 saturated carbocycles. The average Bonchev–Trinajstić information content (AvgIpc) is 3.53. The van der Waals surface area contributed by atoms with Gasteiger partial charge in [-0.15, -0.1) is 0 Å². The number of rotatable bonds is 10. The van der Waals surface area contributed by atoms with Crippen molar-refractivity contribution >= 4 is 35.0 Å². The Bertz CT molecular complexity index is 1390. The minimum atomic E-state index is -1.81. The van der Waals surface area contributed by atoms with Crippen LogP contribution in [0.2, 0.25) is 0 Å². The van der Waals surface area contributed by atoms with Gasteiger partial charge < -0.3 is 30.4 Å². The van der Waals surface area contributed by atoms with Crippen molar-refractivity contribution in [1.29, 1.82) is 0 Å². The SMILES string of the molecule is O=C(O)C(C(=O)O)c1ccc(/C(=C(\c2ccccc2)c2ccc(C(C(=O)O)C(=O)O)[nH]2)c2ccccc2)[nH]1. The van der Waals surface area contributed by atoms with Crippen LogP contribution in [0.4, 0.5) is 0 Å². The monoisotopic (exact) mass is 514 g/mol. The number of nitrogens with one attached hydrogen (secondary N) is 2. The zero-order chi connectivity index (χ0) is 27.4. The van der Waals surface area contributed by atoms with Crippen LogP contribution >= 0.6 is 0 Å². The Balaban J connectivity index is 2.02. The summed E-state index contributed by atoms with van der Waals surface area (Å²) >= 11 is 0. The van der Waals surface area contributed by atoms with Crippen LogP contribution < -0.4 is 0 Å². The molecule has 2 aromatic heterocycles. The van der Waals surface area contributed by atoms with E-state index >= 15 is 0 Å². The van der Waals surface area contributed by atoms with Gasteiger partial charge in [-0.05, 0) is 35.4 Å². The lowest BCUT2D eigenvalue weighted by atomic mass is 9.90. The molecule has 0 unspecified atom stereocenters. The first kappa shape index (κ1) is 25.7. The summed E-state index contributed by atoms with van der Waals surface area (Å²) in [5.74, 6) is -9.73. The van der Waals surface area contributed by atoms with Gasteiger partial charge in [-0.1, -0.05) is 60.7 Å². The summed E-state index contributed by atoms with van der Waals surface area (Å²) in [5.41, 5.74) is 3.21. The van der Waals surface area contributed by atoms with Gasteiger partial charge in [-0.25, -0.2) is 0 Å². The Kier molecular flexibility index (Phi) is 7.24. The third kappa shape index (κ3) is 5.09. The molecule has 0 atom stereocenters. The van der Waals surface area contributed by atoms with Gasteiger partial charge in [0.05, 0.1) is 0 Å². The first-order valence-electron chi connectivity index (χ1n) is 11.3. The summed E-state index contributed by atoms with van der Waals surface area (Å²) in [6.45, 7) is 0. The van der Waals surface area contributed by atoms with Crippen molar-refractivity contribution in [2.45, 2.75) is 11.8 Å². The Morgan fingerprint density at radius 2 is 0.789 bits per heavy atom. The molecule has 192 valence electrons. The number of aliphatic carboxylic acids is 4. The number of H-pyrrole nitrogens is 2. The van der Waals surface area contributed by atoms with Crippen LogP contribution in [0.3, 0.4) is 0 Å². The highest BCUT2D eigenvalue weighted by molar-refractivity contribution is 6.04. The van der Waals surface area contributed by atoms with Gasteiger partial charge in [0, 0.05) is 33.9 Å². The maximum absolute atomic E-state index is 11.6. The highest BCUT2D eigenvalue weighted by atomic mass is 16.4. The number of aromatic nitrogens is 2. The maximum Gasteiger partial charge on any atom is 0.324 e. The van der Waals surface area contributed by atoms with Gasteiger partial charge in [0.2, 0.25) is 0 Å². The van der Waals surface area contributed by atoms with E-state index in [-0.39, 0.29) is 11.4 Å². The summed E-state index contributed by atoms with van der Waals surface area (Å²) in [6.07, 6.45) is 0. The highest BCUT2D eigenvalue weighted by Gasteiger charge is 2.31. The van der Waals surface area contributed by atoms with Crippen molar-refractivity contribution in [1.82, 2.24) is 9.97 Å². The lowest BCUT2D eigenvalue weighted by Gasteiger charge is -2.16. The van der Waals surface area contributed by atoms with Crippen molar-refractivity contribution in [2.75, 3.05) is 0 Å². The van der Waals surface area contributed by atoms with E-state index in [0.29, 0.717) is 33.7 Å². The van der Waals surface area contributed by atoms with E-state index < -0.39 is 35.7 Å². The normalized spacial score (nSPS) is 11.8. The van der Waals surface area contributed by atoms with Crippen molar-refractivity contribution in [3.63, 3.8) is 0 Å². The molecule has 0 aliphatic carbocycles. The molecule has 2 heterocycles. The van der Waals surface area contributed by atoms with Crippen molar-refractivity contribution in [3.8, 4) is 0 Å². The summed E-state index contributed by atoms with van der Waals surface area (Å²) in [7, 11) is 0. The van der Waals surface area contributed by atoms with E-state index in [2.05, 4.69) is 9.97 Å². The van der Waals surface area contributed by atoms with Crippen LogP contribution in [0.1, 0.15) is 45.7 Å². The zero-order valence-electron chi connectivity index (χ0n) is 19.7. The van der Waals surface area contributed by atoms with Crippen molar-refractivity contribution in [2.24, 2.45) is 0 Å². The second-order valence-electron chi connectivity index (χ2n) is 8.36. The van der Waals surface area contributed by atoms with Crippen molar-refractivity contribution < 1.29 is 39.6 Å². The number of hydrogen-bond donors (Lipinski definition) is 6. The zero-order valence-corrected chi connectivity index (χ0v) is 19.7. The van der Waals surface area contributed by atoms with Crippen LogP contribution in [-0.4, -0.2) is 54.3 Å². The predicted octanol–water partition coefficient (Wildman–Crippen LogP) is 3.86. The molecular formula is C28H22N2O8. The summed E-state index contributed by atoms with van der Waals surface area (Å²) in [6, 6.07) is 24.0. The van der Waals surface area contributed by atoms with Gasteiger partial charge in [-0.3, -0.25) is 19.2 Å². The van der Waals surface area contributed by atoms with Crippen molar-refractivity contribution in [3.05, 3.63) is 119 Å². The van der Waals surface area contributed by atoms with Gasteiger partial charge in [-0.2, -0.15) is 0 Å². The number of benzene rings is 2. The fraction of sp³-hybridized carbons (Fsp3) is 0.0714. The molecule has 4 aromatic rings. The molecule has 4 rings (SSSR count). The van der Waals surface area contributed by atoms with Gasteiger partial charge in [0.1, 0.15) is 0 Å². The molecule has 0 radical (unpaired) electrons. The van der Waals surface area contributed by atoms with E-state index in [1.165, 1.54) is 12.1 Å². The van der Waals surface area contributed by atoms with Crippen LogP contribution in [0.5, 0.6) is 0 Å². The molecule has 6 N–H and O–H groups in total. The number of carboxylic acid groups (broad SMARTS) is 4. The molecular weight excluding hydrogens is 492 g/mol. The van der Waals surface area contributed by atoms with E-state index in [9.17, 15) is 39.6 Å². The van der Waals surface area contributed by atoms with Crippen LogP contribution in [0.15, 0.2) is 84.9 Å². The number of aromatic amines is 2. The molecule has 0 saturated heterocycles. The predicted molar refractivity (Wildman–Crippen MR) is 136 cm³/mol. The first-order valence-corrected chi connectivity index (χ1v) is 11.3. The van der Waals surface area contributed by atoms with Gasteiger partial charge in [0.15, 0.2) is 11.8 Å². The second kappa shape index (κ2) is 10.7. The quantitative estimate of drug-likeness (QED) is 0.136. The summed E-state index contributed by atoms with van der Waals surface area (Å²) < 4.78 is 0. The maximum atomic E-state index is 11.6. The number of carboxylic acids is 4. The van der Waals surface area contributed by atoms with Crippen LogP contribution in [-0.2, 0) is 19.2 Å². The first-order chi connectivity index (χ1) is 18.2. The third-order valence-corrected chi connectivity index (χ3v) is 5.94. The lowest BCUT2D eigenvalue weighted by molar-refractivity contribution is -0.152. The van der Waals surface area contributed by atoms with E-state index in [1.807, 2.05) is 36.4 Å². The molecule has 2 aromatic carbocycles.